The average molecular weight is 379 g/mol. The lowest BCUT2D eigenvalue weighted by atomic mass is 10.1. The average Bonchev–Trinajstić information content (AvgIpc) is 3.41. The fourth-order valence-corrected chi connectivity index (χ4v) is 3.87. The molecular weight excluding hydrogens is 358 g/mol. The molecule has 0 unspecified atom stereocenters. The summed E-state index contributed by atoms with van der Waals surface area (Å²) in [6.07, 6.45) is 10.1. The van der Waals surface area contributed by atoms with E-state index in [1.807, 2.05) is 47.2 Å². The van der Waals surface area contributed by atoms with E-state index in [0.717, 1.165) is 34.8 Å². The van der Waals surface area contributed by atoms with Crippen molar-refractivity contribution in [1.82, 2.24) is 25.1 Å². The molecule has 0 saturated heterocycles. The van der Waals surface area contributed by atoms with Crippen molar-refractivity contribution in [3.63, 3.8) is 0 Å². The van der Waals surface area contributed by atoms with Crippen molar-refractivity contribution in [1.29, 1.82) is 0 Å². The van der Waals surface area contributed by atoms with Crippen molar-refractivity contribution in [2.75, 3.05) is 5.75 Å². The number of rotatable bonds is 6. The zero-order valence-corrected chi connectivity index (χ0v) is 15.7. The summed E-state index contributed by atoms with van der Waals surface area (Å²) in [5.41, 5.74) is 2.86. The monoisotopic (exact) mass is 379 g/mol. The highest BCUT2D eigenvalue weighted by atomic mass is 32.2. The Balaban J connectivity index is 1.33. The van der Waals surface area contributed by atoms with Crippen molar-refractivity contribution in [3.8, 4) is 16.9 Å². The van der Waals surface area contributed by atoms with Crippen LogP contribution < -0.4 is 5.32 Å². The molecule has 2 aromatic heterocycles. The second-order valence-electron chi connectivity index (χ2n) is 6.61. The summed E-state index contributed by atoms with van der Waals surface area (Å²) in [5, 5.41) is 12.4. The maximum absolute atomic E-state index is 12.0. The van der Waals surface area contributed by atoms with Gasteiger partial charge >= 0.3 is 0 Å². The molecule has 0 aliphatic heterocycles. The molecule has 0 radical (unpaired) electrons. The van der Waals surface area contributed by atoms with E-state index in [1.165, 1.54) is 24.6 Å². The third-order valence-corrected chi connectivity index (χ3v) is 5.60. The number of benzene rings is 1. The summed E-state index contributed by atoms with van der Waals surface area (Å²) in [5.74, 6) is 0.456. The number of carbonyl (C=O) groups is 1. The Morgan fingerprint density at radius 3 is 2.59 bits per heavy atom. The van der Waals surface area contributed by atoms with Crippen LogP contribution >= 0.6 is 11.8 Å². The number of imidazole rings is 1. The number of hydrogen-bond acceptors (Lipinski definition) is 5. The highest BCUT2D eigenvalue weighted by Gasteiger charge is 2.17. The van der Waals surface area contributed by atoms with Gasteiger partial charge in [-0.2, -0.15) is 0 Å². The molecule has 2 heterocycles. The minimum atomic E-state index is 0.0767. The number of nitrogens with one attached hydrogen (secondary N) is 1. The standard InChI is InChI=1S/C20H21N5OS/c26-19(22-16-3-1-2-4-16)13-27-20-10-9-18(23-24-20)15-5-7-17(8-6-15)25-12-11-21-14-25/h5-12,14,16H,1-4,13H2,(H,22,26). The summed E-state index contributed by atoms with van der Waals surface area (Å²) in [6.45, 7) is 0. The molecule has 1 saturated carbocycles. The maximum Gasteiger partial charge on any atom is 0.230 e. The van der Waals surface area contributed by atoms with E-state index in [1.54, 1.807) is 12.5 Å². The Kier molecular flexibility index (Phi) is 5.48. The number of carbonyl (C=O) groups excluding carboxylic acids is 1. The molecule has 1 aliphatic rings. The highest BCUT2D eigenvalue weighted by molar-refractivity contribution is 7.99. The molecule has 3 aromatic rings. The zero-order chi connectivity index (χ0) is 18.5. The second kappa shape index (κ2) is 8.35. The largest absolute Gasteiger partial charge is 0.353 e. The van der Waals surface area contributed by atoms with Gasteiger partial charge in [0.2, 0.25) is 5.91 Å². The number of hydrogen-bond donors (Lipinski definition) is 1. The van der Waals surface area contributed by atoms with Crippen LogP contribution in [0.15, 0.2) is 60.1 Å². The van der Waals surface area contributed by atoms with Crippen LogP contribution in [0.1, 0.15) is 25.7 Å². The van der Waals surface area contributed by atoms with E-state index in [2.05, 4.69) is 20.5 Å². The molecule has 138 valence electrons. The number of amides is 1. The van der Waals surface area contributed by atoms with Crippen LogP contribution in [0.25, 0.3) is 16.9 Å². The molecule has 27 heavy (non-hydrogen) atoms. The molecule has 0 bridgehead atoms. The lowest BCUT2D eigenvalue weighted by Crippen LogP contribution is -2.33. The maximum atomic E-state index is 12.0. The molecule has 6 nitrogen and oxygen atoms in total. The number of aromatic nitrogens is 4. The van der Waals surface area contributed by atoms with Gasteiger partial charge < -0.3 is 9.88 Å². The highest BCUT2D eigenvalue weighted by Crippen LogP contribution is 2.22. The molecule has 1 fully saturated rings. The summed E-state index contributed by atoms with van der Waals surface area (Å²) in [7, 11) is 0. The van der Waals surface area contributed by atoms with Crippen LogP contribution in [-0.2, 0) is 4.79 Å². The molecule has 1 amide bonds. The fraction of sp³-hybridized carbons (Fsp3) is 0.300. The van der Waals surface area contributed by atoms with Crippen LogP contribution in [0.2, 0.25) is 0 Å². The van der Waals surface area contributed by atoms with Gasteiger partial charge in [0.1, 0.15) is 5.03 Å². The Labute approximate surface area is 162 Å². The van der Waals surface area contributed by atoms with Crippen LogP contribution in [0.4, 0.5) is 0 Å². The first-order valence-corrected chi connectivity index (χ1v) is 10.1. The smallest absolute Gasteiger partial charge is 0.230 e. The summed E-state index contributed by atoms with van der Waals surface area (Å²) in [6, 6.07) is 12.3. The van der Waals surface area contributed by atoms with Gasteiger partial charge in [-0.3, -0.25) is 4.79 Å². The minimum absolute atomic E-state index is 0.0767. The van der Waals surface area contributed by atoms with E-state index in [-0.39, 0.29) is 5.91 Å². The number of thioether (sulfide) groups is 1. The Bertz CT molecular complexity index is 872. The summed E-state index contributed by atoms with van der Waals surface area (Å²) < 4.78 is 1.95. The predicted molar refractivity (Wildman–Crippen MR) is 106 cm³/mol. The molecule has 0 spiro atoms. The van der Waals surface area contributed by atoms with Crippen molar-refractivity contribution in [2.45, 2.75) is 36.8 Å². The van der Waals surface area contributed by atoms with Gasteiger partial charge in [-0.15, -0.1) is 10.2 Å². The lowest BCUT2D eigenvalue weighted by molar-refractivity contribution is -0.119. The third kappa shape index (κ3) is 4.54. The third-order valence-electron chi connectivity index (χ3n) is 4.68. The van der Waals surface area contributed by atoms with Gasteiger partial charge in [-0.05, 0) is 37.1 Å². The molecule has 4 rings (SSSR count). The van der Waals surface area contributed by atoms with Gasteiger partial charge in [-0.25, -0.2) is 4.98 Å². The zero-order valence-electron chi connectivity index (χ0n) is 14.9. The summed E-state index contributed by atoms with van der Waals surface area (Å²) >= 11 is 1.42. The second-order valence-corrected chi connectivity index (χ2v) is 7.61. The van der Waals surface area contributed by atoms with E-state index >= 15 is 0 Å². The van der Waals surface area contributed by atoms with Gasteiger partial charge in [0.15, 0.2) is 0 Å². The van der Waals surface area contributed by atoms with Crippen LogP contribution in [0.5, 0.6) is 0 Å². The van der Waals surface area contributed by atoms with E-state index < -0.39 is 0 Å². The van der Waals surface area contributed by atoms with E-state index in [0.29, 0.717) is 11.8 Å². The molecule has 1 aromatic carbocycles. The van der Waals surface area contributed by atoms with E-state index in [9.17, 15) is 4.79 Å². The first-order valence-electron chi connectivity index (χ1n) is 9.12. The van der Waals surface area contributed by atoms with Gasteiger partial charge in [0.25, 0.3) is 0 Å². The van der Waals surface area contributed by atoms with Gasteiger partial charge in [-0.1, -0.05) is 36.7 Å². The first kappa shape index (κ1) is 17.7. The Morgan fingerprint density at radius 1 is 1.11 bits per heavy atom. The van der Waals surface area contributed by atoms with Crippen LogP contribution in [0, 0.1) is 0 Å². The lowest BCUT2D eigenvalue weighted by Gasteiger charge is -2.11. The quantitative estimate of drug-likeness (QED) is 0.664. The Hall–Kier alpha value is -2.67. The van der Waals surface area contributed by atoms with Gasteiger partial charge in [0, 0.05) is 29.7 Å². The van der Waals surface area contributed by atoms with Crippen molar-refractivity contribution in [3.05, 3.63) is 55.1 Å². The summed E-state index contributed by atoms with van der Waals surface area (Å²) in [4.78, 5) is 16.1. The van der Waals surface area contributed by atoms with Crippen LogP contribution in [0.3, 0.4) is 0 Å². The SMILES string of the molecule is O=C(CSc1ccc(-c2ccc(-n3ccnc3)cc2)nn1)NC1CCCC1. The van der Waals surface area contributed by atoms with Gasteiger partial charge in [0.05, 0.1) is 17.8 Å². The minimum Gasteiger partial charge on any atom is -0.353 e. The topological polar surface area (TPSA) is 72.7 Å². The molecule has 7 heteroatoms. The first-order chi connectivity index (χ1) is 13.3. The normalized spacial score (nSPS) is 14.4. The fourth-order valence-electron chi connectivity index (χ4n) is 3.25. The molecule has 0 atom stereocenters. The van der Waals surface area contributed by atoms with E-state index in [4.69, 9.17) is 0 Å². The molecule has 1 aliphatic carbocycles. The molecule has 1 N–H and O–H groups in total. The van der Waals surface area contributed by atoms with Crippen molar-refractivity contribution >= 4 is 17.7 Å². The number of nitrogens with zero attached hydrogens (tertiary/aromatic N) is 4. The van der Waals surface area contributed by atoms with Crippen molar-refractivity contribution < 1.29 is 4.79 Å². The predicted octanol–water partition coefficient (Wildman–Crippen LogP) is 3.48. The Morgan fingerprint density at radius 2 is 1.93 bits per heavy atom. The van der Waals surface area contributed by atoms with Crippen LogP contribution in [-0.4, -0.2) is 37.5 Å². The molecular formula is C20H21N5OS. The van der Waals surface area contributed by atoms with Crippen molar-refractivity contribution in [2.24, 2.45) is 0 Å².